The molecule has 1 rings (SSSR count). The molecule has 0 saturated carbocycles. The van der Waals surface area contributed by atoms with E-state index >= 15 is 0 Å². The van der Waals surface area contributed by atoms with Crippen LogP contribution in [0.1, 0.15) is 18.4 Å². The lowest BCUT2D eigenvalue weighted by atomic mass is 10.0. The van der Waals surface area contributed by atoms with Crippen molar-refractivity contribution in [2.75, 3.05) is 17.8 Å². The Morgan fingerprint density at radius 2 is 1.51 bits per heavy atom. The molecule has 0 fully saturated rings. The van der Waals surface area contributed by atoms with E-state index in [0.717, 1.165) is 0 Å². The van der Waals surface area contributed by atoms with Crippen molar-refractivity contribution in [2.45, 2.75) is 43.4 Å². The average Bonchev–Trinajstić information content (AvgIpc) is 2.80. The Balaban J connectivity index is 2.99. The molecular weight excluding hydrogens is 498 g/mol. The lowest BCUT2D eigenvalue weighted by Crippen LogP contribution is -2.58. The van der Waals surface area contributed by atoms with Crippen molar-refractivity contribution in [2.24, 2.45) is 11.5 Å². The monoisotopic (exact) mass is 529 g/mol. The summed E-state index contributed by atoms with van der Waals surface area (Å²) in [7, 11) is 0. The molecule has 9 N–H and O–H groups in total. The van der Waals surface area contributed by atoms with Crippen molar-refractivity contribution in [1.29, 1.82) is 0 Å². The molecule has 0 aliphatic carbocycles. The molecule has 1 aromatic rings. The van der Waals surface area contributed by atoms with Crippen LogP contribution >= 0.6 is 24.4 Å². The van der Waals surface area contributed by atoms with Crippen LogP contribution in [0, 0.1) is 0 Å². The number of carbonyl (C=O) groups is 5. The van der Waals surface area contributed by atoms with Crippen molar-refractivity contribution in [3.05, 3.63) is 29.8 Å². The first-order valence-electron chi connectivity index (χ1n) is 10.5. The molecule has 0 spiro atoms. The van der Waals surface area contributed by atoms with Gasteiger partial charge >= 0.3 is 5.97 Å². The van der Waals surface area contributed by atoms with Crippen LogP contribution in [0.15, 0.2) is 24.3 Å². The number of nitrogens with two attached hydrogens (primary N) is 2. The van der Waals surface area contributed by atoms with Crippen LogP contribution in [0.3, 0.4) is 0 Å². The molecule has 0 aromatic heterocycles. The molecule has 14 heteroatoms. The van der Waals surface area contributed by atoms with Crippen LogP contribution in [-0.2, 0) is 30.4 Å². The van der Waals surface area contributed by atoms with Gasteiger partial charge in [-0.2, -0.15) is 24.4 Å². The molecule has 0 saturated heterocycles. The Morgan fingerprint density at radius 1 is 0.971 bits per heavy atom. The van der Waals surface area contributed by atoms with E-state index in [4.69, 9.17) is 11.5 Å². The van der Waals surface area contributed by atoms with Crippen LogP contribution in [0.4, 0.5) is 0 Å². The molecule has 0 aliphatic rings. The SMILES string of the molecule is CSCCC(NC(=O)C(N)CS)C(=O)NC(CC(N)=O)C(=O)NC(Cc1ccc(O)cc1)C(=O)O. The third-order valence-corrected chi connectivity index (χ3v) is 5.84. The van der Waals surface area contributed by atoms with E-state index in [-0.39, 0.29) is 24.3 Å². The highest BCUT2D eigenvalue weighted by Crippen LogP contribution is 2.12. The predicted molar refractivity (Wildman–Crippen MR) is 134 cm³/mol. The maximum absolute atomic E-state index is 12.9. The molecule has 194 valence electrons. The number of hydrogen-bond acceptors (Lipinski definition) is 9. The van der Waals surface area contributed by atoms with Gasteiger partial charge in [0, 0.05) is 12.2 Å². The van der Waals surface area contributed by atoms with Crippen molar-refractivity contribution >= 4 is 54.0 Å². The van der Waals surface area contributed by atoms with Gasteiger partial charge in [-0.15, -0.1) is 0 Å². The first kappa shape index (κ1) is 30.1. The third-order valence-electron chi connectivity index (χ3n) is 4.81. The van der Waals surface area contributed by atoms with Gasteiger partial charge in [-0.05, 0) is 36.1 Å². The number of phenols is 1. The van der Waals surface area contributed by atoms with E-state index in [0.29, 0.717) is 11.3 Å². The molecule has 12 nitrogen and oxygen atoms in total. The summed E-state index contributed by atoms with van der Waals surface area (Å²) in [6, 6.07) is 0.848. The van der Waals surface area contributed by atoms with Gasteiger partial charge in [0.15, 0.2) is 0 Å². The minimum atomic E-state index is -1.48. The van der Waals surface area contributed by atoms with Gasteiger partial charge < -0.3 is 37.6 Å². The highest BCUT2D eigenvalue weighted by atomic mass is 32.2. The fourth-order valence-corrected chi connectivity index (χ4v) is 3.53. The lowest BCUT2D eigenvalue weighted by Gasteiger charge is -2.24. The fraction of sp³-hybridized carbons (Fsp3) is 0.476. The highest BCUT2D eigenvalue weighted by Gasteiger charge is 2.31. The number of rotatable bonds is 15. The number of carboxylic acid groups (broad SMARTS) is 1. The van der Waals surface area contributed by atoms with Crippen molar-refractivity contribution < 1.29 is 34.2 Å². The molecule has 35 heavy (non-hydrogen) atoms. The van der Waals surface area contributed by atoms with E-state index in [1.165, 1.54) is 36.0 Å². The van der Waals surface area contributed by atoms with Gasteiger partial charge in [-0.3, -0.25) is 19.2 Å². The van der Waals surface area contributed by atoms with Gasteiger partial charge in [-0.25, -0.2) is 4.79 Å². The van der Waals surface area contributed by atoms with E-state index in [9.17, 15) is 34.2 Å². The van der Waals surface area contributed by atoms with E-state index < -0.39 is 60.2 Å². The summed E-state index contributed by atoms with van der Waals surface area (Å²) in [5.74, 6) is -4.03. The minimum Gasteiger partial charge on any atom is -0.508 e. The second kappa shape index (κ2) is 15.1. The number of nitrogens with one attached hydrogen (secondary N) is 3. The topological polar surface area (TPSA) is 214 Å². The maximum Gasteiger partial charge on any atom is 0.326 e. The number of aromatic hydroxyl groups is 1. The molecule has 0 aliphatic heterocycles. The number of benzene rings is 1. The molecular formula is C21H31N5O7S2. The van der Waals surface area contributed by atoms with Crippen LogP contribution in [0.5, 0.6) is 5.75 Å². The standard InChI is InChI=1S/C21H31N5O7S2/c1-35-7-6-14(24-18(29)13(22)10-34)19(30)25-15(9-17(23)28)20(31)26-16(21(32)33)8-11-2-4-12(27)5-3-11/h2-5,13-16,27,34H,6-10,22H2,1H3,(H2,23,28)(H,24,29)(H,25,30)(H,26,31)(H,32,33). The van der Waals surface area contributed by atoms with E-state index in [1.54, 1.807) is 6.26 Å². The van der Waals surface area contributed by atoms with Crippen molar-refractivity contribution in [3.8, 4) is 5.75 Å². The van der Waals surface area contributed by atoms with E-state index in [2.05, 4.69) is 28.6 Å². The predicted octanol–water partition coefficient (Wildman–Crippen LogP) is -1.64. The molecule has 4 amide bonds. The number of phenolic OH excluding ortho intramolecular Hbond substituents is 1. The van der Waals surface area contributed by atoms with Gasteiger partial charge in [0.05, 0.1) is 12.5 Å². The Morgan fingerprint density at radius 3 is 2.03 bits per heavy atom. The number of thiol groups is 1. The highest BCUT2D eigenvalue weighted by molar-refractivity contribution is 7.98. The first-order chi connectivity index (χ1) is 16.5. The molecule has 0 radical (unpaired) electrons. The van der Waals surface area contributed by atoms with Crippen LogP contribution in [-0.4, -0.2) is 81.7 Å². The average molecular weight is 530 g/mol. The van der Waals surface area contributed by atoms with Crippen molar-refractivity contribution in [3.63, 3.8) is 0 Å². The molecule has 4 unspecified atom stereocenters. The van der Waals surface area contributed by atoms with Gasteiger partial charge in [-0.1, -0.05) is 12.1 Å². The summed E-state index contributed by atoms with van der Waals surface area (Å²) in [6.07, 6.45) is 1.30. The Bertz CT molecular complexity index is 901. The zero-order chi connectivity index (χ0) is 26.5. The number of aliphatic carboxylic acids is 1. The Labute approximate surface area is 212 Å². The summed E-state index contributed by atoms with van der Waals surface area (Å²) in [5, 5.41) is 26.1. The summed E-state index contributed by atoms with van der Waals surface area (Å²) in [5.41, 5.74) is 11.4. The maximum atomic E-state index is 12.9. The summed E-state index contributed by atoms with van der Waals surface area (Å²) in [6.45, 7) is 0. The molecule has 0 heterocycles. The van der Waals surface area contributed by atoms with Crippen LogP contribution in [0.2, 0.25) is 0 Å². The number of carbonyl (C=O) groups excluding carboxylic acids is 4. The largest absolute Gasteiger partial charge is 0.508 e. The Kier molecular flexibility index (Phi) is 13.0. The third kappa shape index (κ3) is 10.9. The fourth-order valence-electron chi connectivity index (χ4n) is 2.89. The summed E-state index contributed by atoms with van der Waals surface area (Å²) in [4.78, 5) is 61.1. The summed E-state index contributed by atoms with van der Waals surface area (Å²) >= 11 is 5.38. The zero-order valence-electron chi connectivity index (χ0n) is 19.1. The second-order valence-corrected chi connectivity index (χ2v) is 8.98. The molecule has 0 bridgehead atoms. The van der Waals surface area contributed by atoms with Crippen LogP contribution in [0.25, 0.3) is 0 Å². The van der Waals surface area contributed by atoms with Gasteiger partial charge in [0.1, 0.15) is 23.9 Å². The number of thioether (sulfide) groups is 1. The minimum absolute atomic E-state index is 0.00709. The second-order valence-electron chi connectivity index (χ2n) is 7.63. The van der Waals surface area contributed by atoms with Crippen molar-refractivity contribution in [1.82, 2.24) is 16.0 Å². The number of hydrogen-bond donors (Lipinski definition) is 8. The van der Waals surface area contributed by atoms with Gasteiger partial charge in [0.2, 0.25) is 23.6 Å². The van der Waals surface area contributed by atoms with Gasteiger partial charge in [0.25, 0.3) is 0 Å². The number of primary amides is 1. The van der Waals surface area contributed by atoms with Crippen LogP contribution < -0.4 is 27.4 Å². The number of amides is 4. The summed E-state index contributed by atoms with van der Waals surface area (Å²) < 4.78 is 0. The van der Waals surface area contributed by atoms with E-state index in [1.807, 2.05) is 0 Å². The lowest BCUT2D eigenvalue weighted by molar-refractivity contribution is -0.142. The quantitative estimate of drug-likeness (QED) is 0.122. The normalized spacial score (nSPS) is 14.1. The zero-order valence-corrected chi connectivity index (χ0v) is 20.8. The Hall–Kier alpha value is -2.97. The first-order valence-corrected chi connectivity index (χ1v) is 12.6. The number of carboxylic acids is 1. The molecule has 1 aromatic carbocycles. The molecule has 4 atom stereocenters. The smallest absolute Gasteiger partial charge is 0.326 e.